The predicted octanol–water partition coefficient (Wildman–Crippen LogP) is 2.83. The molecule has 0 aliphatic heterocycles. The van der Waals surface area contributed by atoms with Crippen LogP contribution >= 0.6 is 0 Å². The molecule has 0 fully saturated rings. The maximum Gasteiger partial charge on any atom is 0.242 e. The topological polar surface area (TPSA) is 75.7 Å². The van der Waals surface area contributed by atoms with E-state index < -0.39 is 10.0 Å². The molecule has 6 nitrogen and oxygen atoms in total. The number of carbonyl (C=O) groups excluding carboxylic acids is 1. The second kappa shape index (κ2) is 8.33. The van der Waals surface area contributed by atoms with Gasteiger partial charge in [0.15, 0.2) is 0 Å². The highest BCUT2D eigenvalue weighted by atomic mass is 32.2. The molecule has 0 saturated carbocycles. The number of aryl methyl sites for hydroxylation is 1. The third kappa shape index (κ3) is 4.83. The monoisotopic (exact) mass is 376 g/mol. The van der Waals surface area contributed by atoms with Crippen LogP contribution in [0, 0.1) is 6.92 Å². The van der Waals surface area contributed by atoms with Gasteiger partial charge in [-0.1, -0.05) is 18.2 Å². The standard InChI is InChI=1S/C19H24N2O4S/c1-5-25-17-10-7-15(8-11-17)12-19(22)20-16-9-6-14(2)18(13-16)26(23,24)21(3)4/h6-11,13H,5,12H2,1-4H3,(H,20,22). The summed E-state index contributed by atoms with van der Waals surface area (Å²) >= 11 is 0. The van der Waals surface area contributed by atoms with Crippen LogP contribution < -0.4 is 10.1 Å². The number of amides is 1. The smallest absolute Gasteiger partial charge is 0.242 e. The summed E-state index contributed by atoms with van der Waals surface area (Å²) in [7, 11) is -0.611. The summed E-state index contributed by atoms with van der Waals surface area (Å²) in [5.41, 5.74) is 1.93. The first kappa shape index (κ1) is 19.9. The average Bonchev–Trinajstić information content (AvgIpc) is 2.58. The van der Waals surface area contributed by atoms with Crippen LogP contribution in [-0.2, 0) is 21.2 Å². The largest absolute Gasteiger partial charge is 0.494 e. The number of anilines is 1. The molecule has 0 saturated heterocycles. The number of ether oxygens (including phenoxy) is 1. The van der Waals surface area contributed by atoms with Crippen LogP contribution in [-0.4, -0.2) is 39.3 Å². The predicted molar refractivity (Wildman–Crippen MR) is 102 cm³/mol. The van der Waals surface area contributed by atoms with Crippen molar-refractivity contribution in [1.29, 1.82) is 0 Å². The third-order valence-corrected chi connectivity index (χ3v) is 5.79. The molecule has 1 N–H and O–H groups in total. The number of hydrogen-bond acceptors (Lipinski definition) is 4. The normalized spacial score (nSPS) is 11.4. The van der Waals surface area contributed by atoms with Gasteiger partial charge in [0.2, 0.25) is 15.9 Å². The minimum atomic E-state index is -3.57. The highest BCUT2D eigenvalue weighted by molar-refractivity contribution is 7.89. The van der Waals surface area contributed by atoms with Crippen LogP contribution in [0.1, 0.15) is 18.1 Å². The maximum atomic E-state index is 12.4. The van der Waals surface area contributed by atoms with Crippen LogP contribution in [0.25, 0.3) is 0 Å². The number of nitrogens with zero attached hydrogens (tertiary/aromatic N) is 1. The fourth-order valence-corrected chi connectivity index (χ4v) is 3.56. The Balaban J connectivity index is 2.12. The Kier molecular flexibility index (Phi) is 6.39. The summed E-state index contributed by atoms with van der Waals surface area (Å²) in [5, 5.41) is 2.76. The van der Waals surface area contributed by atoms with Crippen LogP contribution in [0.5, 0.6) is 5.75 Å². The summed E-state index contributed by atoms with van der Waals surface area (Å²) in [6.07, 6.45) is 0.191. The van der Waals surface area contributed by atoms with Crippen LogP contribution in [0.3, 0.4) is 0 Å². The first-order chi connectivity index (χ1) is 12.2. The van der Waals surface area contributed by atoms with E-state index in [9.17, 15) is 13.2 Å². The van der Waals surface area contributed by atoms with E-state index in [1.807, 2.05) is 31.2 Å². The minimum absolute atomic E-state index is 0.182. The molecule has 0 aliphatic rings. The first-order valence-electron chi connectivity index (χ1n) is 8.28. The molecule has 0 unspecified atom stereocenters. The van der Waals surface area contributed by atoms with Crippen molar-refractivity contribution in [3.63, 3.8) is 0 Å². The zero-order valence-electron chi connectivity index (χ0n) is 15.4. The van der Waals surface area contributed by atoms with Crippen molar-refractivity contribution in [1.82, 2.24) is 4.31 Å². The van der Waals surface area contributed by atoms with E-state index in [0.717, 1.165) is 15.6 Å². The summed E-state index contributed by atoms with van der Waals surface area (Å²) in [5.74, 6) is 0.542. The van der Waals surface area contributed by atoms with E-state index in [1.165, 1.54) is 20.2 Å². The van der Waals surface area contributed by atoms with E-state index >= 15 is 0 Å². The van der Waals surface area contributed by atoms with Gasteiger partial charge in [0.05, 0.1) is 17.9 Å². The summed E-state index contributed by atoms with van der Waals surface area (Å²) in [4.78, 5) is 12.5. The SMILES string of the molecule is CCOc1ccc(CC(=O)Nc2ccc(C)c(S(=O)(=O)N(C)C)c2)cc1. The molecular weight excluding hydrogens is 352 g/mol. The van der Waals surface area contributed by atoms with Gasteiger partial charge in [-0.25, -0.2) is 12.7 Å². The second-order valence-corrected chi connectivity index (χ2v) is 8.19. The number of nitrogens with one attached hydrogen (secondary N) is 1. The van der Waals surface area contributed by atoms with Gasteiger partial charge in [0.25, 0.3) is 0 Å². The van der Waals surface area contributed by atoms with E-state index in [-0.39, 0.29) is 17.2 Å². The quantitative estimate of drug-likeness (QED) is 0.806. The Bertz CT molecular complexity index is 875. The molecule has 140 valence electrons. The minimum Gasteiger partial charge on any atom is -0.494 e. The lowest BCUT2D eigenvalue weighted by Crippen LogP contribution is -2.23. The maximum absolute atomic E-state index is 12.4. The number of sulfonamides is 1. The molecule has 0 heterocycles. The molecule has 0 aliphatic carbocycles. The summed E-state index contributed by atoms with van der Waals surface area (Å²) in [6.45, 7) is 4.22. The Morgan fingerprint density at radius 3 is 2.35 bits per heavy atom. The molecule has 7 heteroatoms. The van der Waals surface area contributed by atoms with E-state index in [2.05, 4.69) is 5.32 Å². The lowest BCUT2D eigenvalue weighted by Gasteiger charge is -2.15. The first-order valence-corrected chi connectivity index (χ1v) is 9.73. The van der Waals surface area contributed by atoms with Gasteiger partial charge < -0.3 is 10.1 Å². The van der Waals surface area contributed by atoms with E-state index in [1.54, 1.807) is 19.1 Å². The molecule has 1 amide bonds. The number of hydrogen-bond donors (Lipinski definition) is 1. The molecule has 0 aromatic heterocycles. The zero-order chi connectivity index (χ0) is 19.3. The third-order valence-electron chi connectivity index (χ3n) is 3.83. The van der Waals surface area contributed by atoms with Gasteiger partial charge in [-0.05, 0) is 49.2 Å². The van der Waals surface area contributed by atoms with Crippen LogP contribution in [0.4, 0.5) is 5.69 Å². The van der Waals surface area contributed by atoms with Gasteiger partial charge in [-0.3, -0.25) is 4.79 Å². The molecule has 0 atom stereocenters. The summed E-state index contributed by atoms with van der Waals surface area (Å²) in [6, 6.07) is 12.2. The molecule has 2 aromatic carbocycles. The molecule has 26 heavy (non-hydrogen) atoms. The van der Waals surface area contributed by atoms with Gasteiger partial charge in [0, 0.05) is 19.8 Å². The molecule has 0 spiro atoms. The van der Waals surface area contributed by atoms with Crippen LogP contribution in [0.2, 0.25) is 0 Å². The lowest BCUT2D eigenvalue weighted by atomic mass is 10.1. The molecule has 0 radical (unpaired) electrons. The van der Waals surface area contributed by atoms with Crippen molar-refractivity contribution < 1.29 is 17.9 Å². The number of carbonyl (C=O) groups is 1. The van der Waals surface area contributed by atoms with Crippen molar-refractivity contribution in [2.75, 3.05) is 26.0 Å². The summed E-state index contributed by atoms with van der Waals surface area (Å²) < 4.78 is 31.3. The van der Waals surface area contributed by atoms with Gasteiger partial charge in [0.1, 0.15) is 5.75 Å². The van der Waals surface area contributed by atoms with Gasteiger partial charge in [-0.15, -0.1) is 0 Å². The lowest BCUT2D eigenvalue weighted by molar-refractivity contribution is -0.115. The number of benzene rings is 2. The van der Waals surface area contributed by atoms with Gasteiger partial charge >= 0.3 is 0 Å². The molecular formula is C19H24N2O4S. The zero-order valence-corrected chi connectivity index (χ0v) is 16.3. The van der Waals surface area contributed by atoms with E-state index in [4.69, 9.17) is 4.74 Å². The van der Waals surface area contributed by atoms with Crippen molar-refractivity contribution in [3.8, 4) is 5.75 Å². The molecule has 0 bridgehead atoms. The van der Waals surface area contributed by atoms with Crippen molar-refractivity contribution in [2.24, 2.45) is 0 Å². The average molecular weight is 376 g/mol. The Morgan fingerprint density at radius 1 is 1.12 bits per heavy atom. The van der Waals surface area contributed by atoms with E-state index in [0.29, 0.717) is 17.9 Å². The van der Waals surface area contributed by atoms with Crippen molar-refractivity contribution in [2.45, 2.75) is 25.2 Å². The van der Waals surface area contributed by atoms with Gasteiger partial charge in [-0.2, -0.15) is 0 Å². The Hall–Kier alpha value is -2.38. The second-order valence-electron chi connectivity index (χ2n) is 6.07. The Labute approximate surface area is 154 Å². The number of rotatable bonds is 7. The fraction of sp³-hybridized carbons (Fsp3) is 0.316. The Morgan fingerprint density at radius 2 is 1.77 bits per heavy atom. The molecule has 2 rings (SSSR count). The van der Waals surface area contributed by atoms with Crippen molar-refractivity contribution >= 4 is 21.6 Å². The highest BCUT2D eigenvalue weighted by Crippen LogP contribution is 2.22. The fourth-order valence-electron chi connectivity index (χ4n) is 2.41. The molecule has 2 aromatic rings. The highest BCUT2D eigenvalue weighted by Gasteiger charge is 2.20. The van der Waals surface area contributed by atoms with Crippen molar-refractivity contribution in [3.05, 3.63) is 53.6 Å². The van der Waals surface area contributed by atoms with Crippen LogP contribution in [0.15, 0.2) is 47.4 Å².